The van der Waals surface area contributed by atoms with Crippen LogP contribution in [0.25, 0.3) is 0 Å². The molecule has 1 aliphatic heterocycles. The summed E-state index contributed by atoms with van der Waals surface area (Å²) < 4.78 is 0. The highest BCUT2D eigenvalue weighted by molar-refractivity contribution is 6.39. The maximum atomic E-state index is 11.9. The summed E-state index contributed by atoms with van der Waals surface area (Å²) in [6.45, 7) is 4.53. The molecule has 1 fully saturated rings. The van der Waals surface area contributed by atoms with Gasteiger partial charge in [0.1, 0.15) is 0 Å². The summed E-state index contributed by atoms with van der Waals surface area (Å²) in [6.07, 6.45) is 0.0146. The van der Waals surface area contributed by atoms with Crippen LogP contribution >= 0.6 is 0 Å². The predicted molar refractivity (Wildman–Crippen MR) is 71.7 cm³/mol. The van der Waals surface area contributed by atoms with Crippen LogP contribution in [0.4, 0.5) is 5.69 Å². The van der Waals surface area contributed by atoms with Crippen LogP contribution in [0.15, 0.2) is 18.2 Å². The van der Waals surface area contributed by atoms with E-state index < -0.39 is 17.9 Å². The van der Waals surface area contributed by atoms with Crippen molar-refractivity contribution in [1.29, 1.82) is 0 Å². The first-order valence-corrected chi connectivity index (χ1v) is 6.32. The highest BCUT2D eigenvalue weighted by Crippen LogP contribution is 2.15. The number of amides is 2. The van der Waals surface area contributed by atoms with Crippen molar-refractivity contribution < 1.29 is 14.7 Å². The van der Waals surface area contributed by atoms with Crippen molar-refractivity contribution in [2.75, 3.05) is 18.4 Å². The van der Waals surface area contributed by atoms with Crippen LogP contribution in [0.2, 0.25) is 0 Å². The van der Waals surface area contributed by atoms with Crippen molar-refractivity contribution in [3.63, 3.8) is 0 Å². The minimum Gasteiger partial charge on any atom is -0.391 e. The highest BCUT2D eigenvalue weighted by Gasteiger charge is 2.28. The number of likely N-dealkylation sites (tertiary alicyclic amines) is 1. The van der Waals surface area contributed by atoms with Gasteiger partial charge in [0.05, 0.1) is 6.10 Å². The van der Waals surface area contributed by atoms with Crippen LogP contribution in [0.1, 0.15) is 17.5 Å². The minimum atomic E-state index is -0.654. The van der Waals surface area contributed by atoms with Gasteiger partial charge in [-0.2, -0.15) is 0 Å². The molecule has 102 valence electrons. The number of nitrogens with zero attached hydrogens (tertiary/aromatic N) is 1. The molecule has 5 heteroatoms. The van der Waals surface area contributed by atoms with Gasteiger partial charge in [-0.25, -0.2) is 0 Å². The van der Waals surface area contributed by atoms with E-state index in [4.69, 9.17) is 0 Å². The Labute approximate surface area is 112 Å². The first-order valence-electron chi connectivity index (χ1n) is 6.32. The van der Waals surface area contributed by atoms with Crippen LogP contribution in [-0.4, -0.2) is 41.0 Å². The third kappa shape index (κ3) is 3.32. The van der Waals surface area contributed by atoms with E-state index in [0.717, 1.165) is 11.1 Å². The van der Waals surface area contributed by atoms with Gasteiger partial charge >= 0.3 is 11.8 Å². The zero-order valence-corrected chi connectivity index (χ0v) is 11.1. The molecule has 0 spiro atoms. The van der Waals surface area contributed by atoms with Crippen LogP contribution in [-0.2, 0) is 9.59 Å². The van der Waals surface area contributed by atoms with E-state index in [1.165, 1.54) is 4.90 Å². The van der Waals surface area contributed by atoms with Gasteiger partial charge < -0.3 is 15.3 Å². The van der Waals surface area contributed by atoms with Crippen LogP contribution in [0, 0.1) is 13.8 Å². The number of benzene rings is 1. The van der Waals surface area contributed by atoms with Gasteiger partial charge in [0.15, 0.2) is 0 Å². The average molecular weight is 262 g/mol. The highest BCUT2D eigenvalue weighted by atomic mass is 16.3. The normalized spacial score (nSPS) is 18.5. The van der Waals surface area contributed by atoms with E-state index in [1.54, 1.807) is 0 Å². The lowest BCUT2D eigenvalue weighted by Crippen LogP contribution is -2.38. The van der Waals surface area contributed by atoms with Crippen molar-refractivity contribution in [1.82, 2.24) is 4.90 Å². The van der Waals surface area contributed by atoms with Crippen LogP contribution < -0.4 is 5.32 Å². The molecular weight excluding hydrogens is 244 g/mol. The van der Waals surface area contributed by atoms with Gasteiger partial charge in [0, 0.05) is 18.8 Å². The van der Waals surface area contributed by atoms with Crippen molar-refractivity contribution >= 4 is 17.5 Å². The third-order valence-electron chi connectivity index (χ3n) is 3.12. The molecule has 1 aliphatic rings. The summed E-state index contributed by atoms with van der Waals surface area (Å²) >= 11 is 0. The smallest absolute Gasteiger partial charge is 0.313 e. The lowest BCUT2D eigenvalue weighted by Gasteiger charge is -2.15. The Morgan fingerprint density at radius 2 is 1.89 bits per heavy atom. The Kier molecular flexibility index (Phi) is 3.85. The first-order chi connectivity index (χ1) is 8.95. The molecule has 1 heterocycles. The maximum absolute atomic E-state index is 11.9. The summed E-state index contributed by atoms with van der Waals surface area (Å²) in [6, 6.07) is 5.63. The number of carbonyl (C=O) groups excluding carboxylic acids is 2. The van der Waals surface area contributed by atoms with E-state index in [9.17, 15) is 14.7 Å². The standard InChI is InChI=1S/C14H18N2O3/c1-9-5-10(2)7-11(6-9)15-13(18)14(19)16-4-3-12(17)8-16/h5-7,12,17H,3-4,8H2,1-2H3,(H,15,18)/t12-/m1/s1. The number of aryl methyl sites for hydroxylation is 2. The minimum absolute atomic E-state index is 0.235. The molecule has 2 rings (SSSR count). The fraction of sp³-hybridized carbons (Fsp3) is 0.429. The summed E-state index contributed by atoms with van der Waals surface area (Å²) in [7, 11) is 0. The molecule has 0 saturated carbocycles. The number of β-amino-alcohol motifs (C(OH)–C–C–N with tert-alkyl or cyclic N) is 1. The molecule has 19 heavy (non-hydrogen) atoms. The van der Waals surface area contributed by atoms with Crippen molar-refractivity contribution in [2.24, 2.45) is 0 Å². The molecule has 2 amide bonds. The average Bonchev–Trinajstić information content (AvgIpc) is 2.73. The summed E-state index contributed by atoms with van der Waals surface area (Å²) in [5.74, 6) is -1.24. The van der Waals surface area contributed by atoms with Gasteiger partial charge in [0.25, 0.3) is 0 Å². The van der Waals surface area contributed by atoms with E-state index >= 15 is 0 Å². The van der Waals surface area contributed by atoms with Gasteiger partial charge in [0.2, 0.25) is 0 Å². The molecule has 1 aromatic rings. The molecule has 1 saturated heterocycles. The Hall–Kier alpha value is -1.88. The van der Waals surface area contributed by atoms with Crippen LogP contribution in [0.5, 0.6) is 0 Å². The number of carbonyl (C=O) groups is 2. The number of aliphatic hydroxyl groups is 1. The molecule has 0 radical (unpaired) electrons. The largest absolute Gasteiger partial charge is 0.391 e. The topological polar surface area (TPSA) is 69.6 Å². The fourth-order valence-electron chi connectivity index (χ4n) is 2.30. The van der Waals surface area contributed by atoms with E-state index in [0.29, 0.717) is 18.7 Å². The Morgan fingerprint density at radius 1 is 1.26 bits per heavy atom. The number of rotatable bonds is 1. The number of nitrogens with one attached hydrogen (secondary N) is 1. The van der Waals surface area contributed by atoms with Crippen molar-refractivity contribution in [2.45, 2.75) is 26.4 Å². The van der Waals surface area contributed by atoms with Gasteiger partial charge in [-0.3, -0.25) is 9.59 Å². The lowest BCUT2D eigenvalue weighted by molar-refractivity contribution is -0.142. The van der Waals surface area contributed by atoms with E-state index in [2.05, 4.69) is 5.32 Å². The predicted octanol–water partition coefficient (Wildman–Crippen LogP) is 0.835. The number of anilines is 1. The van der Waals surface area contributed by atoms with Gasteiger partial charge in [-0.05, 0) is 43.5 Å². The SMILES string of the molecule is Cc1cc(C)cc(NC(=O)C(=O)N2CC[C@@H](O)C2)c1. The molecule has 0 aliphatic carbocycles. The molecular formula is C14H18N2O3. The van der Waals surface area contributed by atoms with E-state index in [1.807, 2.05) is 32.0 Å². The van der Waals surface area contributed by atoms with Crippen LogP contribution in [0.3, 0.4) is 0 Å². The number of hydrogen-bond acceptors (Lipinski definition) is 3. The Balaban J connectivity index is 2.02. The quantitative estimate of drug-likeness (QED) is 0.737. The molecule has 1 aromatic carbocycles. The molecule has 2 N–H and O–H groups in total. The second kappa shape index (κ2) is 5.40. The fourth-order valence-corrected chi connectivity index (χ4v) is 2.30. The molecule has 5 nitrogen and oxygen atoms in total. The second-order valence-electron chi connectivity index (χ2n) is 5.02. The maximum Gasteiger partial charge on any atom is 0.313 e. The molecule has 0 aromatic heterocycles. The second-order valence-corrected chi connectivity index (χ2v) is 5.02. The molecule has 0 bridgehead atoms. The van der Waals surface area contributed by atoms with Gasteiger partial charge in [-0.1, -0.05) is 6.07 Å². The number of hydrogen-bond donors (Lipinski definition) is 2. The molecule has 0 unspecified atom stereocenters. The van der Waals surface area contributed by atoms with Crippen molar-refractivity contribution in [3.8, 4) is 0 Å². The molecule has 1 atom stereocenters. The number of aliphatic hydroxyl groups excluding tert-OH is 1. The Bertz CT molecular complexity index is 493. The third-order valence-corrected chi connectivity index (χ3v) is 3.12. The lowest BCUT2D eigenvalue weighted by atomic mass is 10.1. The monoisotopic (exact) mass is 262 g/mol. The summed E-state index contributed by atoms with van der Waals surface area (Å²) in [4.78, 5) is 25.1. The first kappa shape index (κ1) is 13.5. The Morgan fingerprint density at radius 3 is 2.42 bits per heavy atom. The van der Waals surface area contributed by atoms with E-state index in [-0.39, 0.29) is 6.54 Å². The zero-order chi connectivity index (χ0) is 14.0. The zero-order valence-electron chi connectivity index (χ0n) is 11.1. The summed E-state index contributed by atoms with van der Waals surface area (Å²) in [5.41, 5.74) is 2.68. The summed E-state index contributed by atoms with van der Waals surface area (Å²) in [5, 5.41) is 12.0. The van der Waals surface area contributed by atoms with Gasteiger partial charge in [-0.15, -0.1) is 0 Å². The van der Waals surface area contributed by atoms with Crippen molar-refractivity contribution in [3.05, 3.63) is 29.3 Å².